The Hall–Kier alpha value is -4.05. The maximum Gasteiger partial charge on any atom is 0.346 e. The van der Waals surface area contributed by atoms with E-state index in [0.717, 1.165) is 22.4 Å². The molecule has 5 rings (SSSR count). The molecule has 1 unspecified atom stereocenters. The van der Waals surface area contributed by atoms with Gasteiger partial charge in [-0.15, -0.1) is 5.10 Å². The Morgan fingerprint density at radius 1 is 1.16 bits per heavy atom. The van der Waals surface area contributed by atoms with Crippen LogP contribution in [0.25, 0.3) is 16.8 Å². The molecule has 1 fully saturated rings. The quantitative estimate of drug-likeness (QED) is 0.511. The van der Waals surface area contributed by atoms with Crippen LogP contribution in [0, 0.1) is 13.8 Å². The molecule has 0 bridgehead atoms. The Labute approximate surface area is 184 Å². The van der Waals surface area contributed by atoms with Crippen LogP contribution in [0.3, 0.4) is 0 Å². The Bertz CT molecular complexity index is 1300. The lowest BCUT2D eigenvalue weighted by Gasteiger charge is -2.23. The first kappa shape index (κ1) is 19.9. The highest BCUT2D eigenvalue weighted by atomic mass is 16.7. The summed E-state index contributed by atoms with van der Waals surface area (Å²) in [6, 6.07) is 8.97. The number of nitrogens with two attached hydrogens (primary N) is 1. The van der Waals surface area contributed by atoms with Crippen molar-refractivity contribution in [1.29, 1.82) is 0 Å². The molecular formula is C22H22N8O2. The summed E-state index contributed by atoms with van der Waals surface area (Å²) in [4.78, 5) is 31.6. The minimum absolute atomic E-state index is 0.195. The molecule has 10 nitrogen and oxygen atoms in total. The molecule has 5 heterocycles. The molecule has 1 aliphatic rings. The predicted octanol–water partition coefficient (Wildman–Crippen LogP) is 3.30. The number of fused-ring (bicyclic) bond motifs is 1. The number of nitrogen functional groups attached to an aromatic ring is 1. The van der Waals surface area contributed by atoms with Crippen LogP contribution in [0.15, 0.2) is 48.9 Å². The van der Waals surface area contributed by atoms with Crippen molar-refractivity contribution in [2.45, 2.75) is 26.3 Å². The average molecular weight is 430 g/mol. The first-order chi connectivity index (χ1) is 15.5. The molecule has 3 N–H and O–H groups in total. The number of aromatic nitrogens is 5. The Balaban J connectivity index is 1.39. The number of carbonyl (C=O) groups excluding carboxylic acids is 1. The molecule has 4 aromatic rings. The highest BCUT2D eigenvalue weighted by Crippen LogP contribution is 2.31. The van der Waals surface area contributed by atoms with Gasteiger partial charge in [-0.25, -0.2) is 9.31 Å². The third kappa shape index (κ3) is 3.71. The summed E-state index contributed by atoms with van der Waals surface area (Å²) in [5, 5.41) is 8.46. The van der Waals surface area contributed by atoms with Crippen molar-refractivity contribution in [2.75, 3.05) is 17.7 Å². The Kier molecular flexibility index (Phi) is 4.91. The van der Waals surface area contributed by atoms with Crippen molar-refractivity contribution in [3.63, 3.8) is 0 Å². The zero-order valence-corrected chi connectivity index (χ0v) is 17.7. The molecule has 4 aromatic heterocycles. The van der Waals surface area contributed by atoms with Gasteiger partial charge in [-0.3, -0.25) is 14.8 Å². The number of anilines is 2. The zero-order valence-electron chi connectivity index (χ0n) is 17.7. The highest BCUT2D eigenvalue weighted by Gasteiger charge is 2.32. The van der Waals surface area contributed by atoms with Gasteiger partial charge in [-0.2, -0.15) is 10.0 Å². The van der Waals surface area contributed by atoms with Crippen molar-refractivity contribution < 1.29 is 9.63 Å². The van der Waals surface area contributed by atoms with E-state index in [1.807, 2.05) is 50.4 Å². The third-order valence-electron chi connectivity index (χ3n) is 5.43. The number of urea groups is 1. The minimum atomic E-state index is -0.352. The fourth-order valence-corrected chi connectivity index (χ4v) is 3.71. The number of amides is 2. The molecular weight excluding hydrogens is 408 g/mol. The molecule has 2 amide bonds. The number of carbonyl (C=O) groups is 1. The van der Waals surface area contributed by atoms with Crippen LogP contribution < -0.4 is 11.1 Å². The van der Waals surface area contributed by atoms with Gasteiger partial charge in [0.2, 0.25) is 5.95 Å². The Morgan fingerprint density at radius 2 is 2.03 bits per heavy atom. The van der Waals surface area contributed by atoms with Gasteiger partial charge in [0.15, 0.2) is 5.65 Å². The molecule has 1 aliphatic heterocycles. The number of nitrogens with one attached hydrogen (secondary N) is 1. The largest absolute Gasteiger partial charge is 0.366 e. The van der Waals surface area contributed by atoms with Gasteiger partial charge in [0.25, 0.3) is 0 Å². The monoisotopic (exact) mass is 430 g/mol. The fourth-order valence-electron chi connectivity index (χ4n) is 3.71. The summed E-state index contributed by atoms with van der Waals surface area (Å²) in [7, 11) is 0. The molecule has 0 radical (unpaired) electrons. The number of nitrogens with zero attached hydrogens (tertiary/aromatic N) is 6. The maximum atomic E-state index is 13.0. The fraction of sp³-hybridized carbons (Fsp3) is 0.227. The molecule has 162 valence electrons. The highest BCUT2D eigenvalue weighted by molar-refractivity contribution is 5.90. The number of pyridine rings is 3. The second-order valence-electron chi connectivity index (χ2n) is 7.67. The van der Waals surface area contributed by atoms with Crippen LogP contribution in [0.2, 0.25) is 0 Å². The molecule has 1 saturated heterocycles. The first-order valence-corrected chi connectivity index (χ1v) is 10.2. The van der Waals surface area contributed by atoms with E-state index < -0.39 is 0 Å². The smallest absolute Gasteiger partial charge is 0.346 e. The summed E-state index contributed by atoms with van der Waals surface area (Å²) in [5.74, 6) is 0.209. The molecule has 0 spiro atoms. The molecule has 10 heteroatoms. The maximum absolute atomic E-state index is 13.0. The Morgan fingerprint density at radius 3 is 2.84 bits per heavy atom. The zero-order chi connectivity index (χ0) is 22.2. The van der Waals surface area contributed by atoms with E-state index in [9.17, 15) is 4.79 Å². The number of rotatable bonds is 3. The predicted molar refractivity (Wildman–Crippen MR) is 119 cm³/mol. The van der Waals surface area contributed by atoms with E-state index >= 15 is 0 Å². The third-order valence-corrected chi connectivity index (χ3v) is 5.43. The van der Waals surface area contributed by atoms with E-state index in [-0.39, 0.29) is 18.0 Å². The molecule has 0 saturated carbocycles. The summed E-state index contributed by atoms with van der Waals surface area (Å²) in [5.41, 5.74) is 11.2. The summed E-state index contributed by atoms with van der Waals surface area (Å²) in [6.07, 6.45) is 6.06. The standard InChI is InChI=1S/C22H22N8O2/c1-13-3-4-15(10-24-13)19-7-8-32-30(19)22(31)26-18-9-17(11-25-14(18)2)16-5-6-20-27-21(23)28-29(20)12-16/h3-6,9-12,19H,7-8H2,1-2H3,(H2,23,28)(H,26,31). The normalized spacial score (nSPS) is 15.9. The molecule has 0 aliphatic carbocycles. The van der Waals surface area contributed by atoms with E-state index in [1.54, 1.807) is 16.9 Å². The van der Waals surface area contributed by atoms with Crippen LogP contribution in [-0.4, -0.2) is 42.3 Å². The van der Waals surface area contributed by atoms with Gasteiger partial charge < -0.3 is 11.1 Å². The second-order valence-corrected chi connectivity index (χ2v) is 7.67. The SMILES string of the molecule is Cc1ccc(C2CCON2C(=O)Nc2cc(-c3ccc4nc(N)nn4c3)cnc2C)cn1. The second kappa shape index (κ2) is 7.89. The van der Waals surface area contributed by atoms with Gasteiger partial charge >= 0.3 is 6.03 Å². The van der Waals surface area contributed by atoms with Crippen molar-refractivity contribution in [1.82, 2.24) is 29.6 Å². The first-order valence-electron chi connectivity index (χ1n) is 10.2. The van der Waals surface area contributed by atoms with Crippen molar-refractivity contribution in [2.24, 2.45) is 0 Å². The number of hydrogen-bond acceptors (Lipinski definition) is 7. The van der Waals surface area contributed by atoms with Crippen LogP contribution in [0.1, 0.15) is 29.4 Å². The summed E-state index contributed by atoms with van der Waals surface area (Å²) >= 11 is 0. The molecule has 0 aromatic carbocycles. The minimum Gasteiger partial charge on any atom is -0.366 e. The number of hydroxylamine groups is 2. The van der Waals surface area contributed by atoms with Gasteiger partial charge in [0.1, 0.15) is 0 Å². The van der Waals surface area contributed by atoms with Crippen molar-refractivity contribution in [3.05, 3.63) is 65.9 Å². The van der Waals surface area contributed by atoms with E-state index in [4.69, 9.17) is 10.6 Å². The van der Waals surface area contributed by atoms with E-state index in [0.29, 0.717) is 30.1 Å². The van der Waals surface area contributed by atoms with Gasteiger partial charge in [-0.1, -0.05) is 6.07 Å². The van der Waals surface area contributed by atoms with Gasteiger partial charge in [0.05, 0.1) is 24.0 Å². The van der Waals surface area contributed by atoms with Crippen LogP contribution >= 0.6 is 0 Å². The summed E-state index contributed by atoms with van der Waals surface area (Å²) < 4.78 is 1.61. The lowest BCUT2D eigenvalue weighted by molar-refractivity contribution is -0.0830. The summed E-state index contributed by atoms with van der Waals surface area (Å²) in [6.45, 7) is 4.23. The van der Waals surface area contributed by atoms with Gasteiger partial charge in [0, 0.05) is 41.8 Å². The van der Waals surface area contributed by atoms with E-state index in [1.165, 1.54) is 5.06 Å². The lowest BCUT2D eigenvalue weighted by Crippen LogP contribution is -2.33. The molecule has 1 atom stereocenters. The number of aryl methyl sites for hydroxylation is 2. The van der Waals surface area contributed by atoms with Crippen LogP contribution in [0.5, 0.6) is 0 Å². The molecule has 32 heavy (non-hydrogen) atoms. The van der Waals surface area contributed by atoms with Crippen molar-refractivity contribution in [3.8, 4) is 11.1 Å². The average Bonchev–Trinajstić information content (AvgIpc) is 3.41. The van der Waals surface area contributed by atoms with Crippen LogP contribution in [-0.2, 0) is 4.84 Å². The van der Waals surface area contributed by atoms with E-state index in [2.05, 4.69) is 25.4 Å². The van der Waals surface area contributed by atoms with Crippen LogP contribution in [0.4, 0.5) is 16.4 Å². The topological polar surface area (TPSA) is 124 Å². The number of hydrogen-bond donors (Lipinski definition) is 2. The van der Waals surface area contributed by atoms with Gasteiger partial charge in [-0.05, 0) is 43.7 Å². The van der Waals surface area contributed by atoms with Crippen molar-refractivity contribution >= 4 is 23.3 Å². The lowest BCUT2D eigenvalue weighted by atomic mass is 10.1.